The van der Waals surface area contributed by atoms with Crippen LogP contribution in [0.15, 0.2) is 16.5 Å². The van der Waals surface area contributed by atoms with Crippen LogP contribution in [0.1, 0.15) is 78.1 Å². The highest BCUT2D eigenvalue weighted by atomic mass is 35.5. The van der Waals surface area contributed by atoms with Crippen molar-refractivity contribution < 1.29 is 19.5 Å². The third-order valence-corrected chi connectivity index (χ3v) is 8.07. The number of ketones is 1. The number of Topliss-reactive ketones (excluding diaryl/α,β-unsaturated/α-hetero) is 1. The predicted molar refractivity (Wildman–Crippen MR) is 121 cm³/mol. The predicted octanol–water partition coefficient (Wildman–Crippen LogP) is 4.81. The Morgan fingerprint density at radius 2 is 2.00 bits per heavy atom. The SMILES string of the molecule is CCC/C(=N\OC(C)OC1CCC(Cl)CC1)C1=C([O-])CC(C2CCCSC2)CC1=O. The molecule has 3 atom stereocenters. The summed E-state index contributed by atoms with van der Waals surface area (Å²) in [5, 5.41) is 17.4. The van der Waals surface area contributed by atoms with E-state index in [0.29, 0.717) is 30.9 Å². The number of halogens is 1. The quantitative estimate of drug-likeness (QED) is 0.227. The maximum Gasteiger partial charge on any atom is 0.224 e. The van der Waals surface area contributed by atoms with Crippen molar-refractivity contribution >= 4 is 34.9 Å². The van der Waals surface area contributed by atoms with Crippen LogP contribution in [0.5, 0.6) is 0 Å². The first-order valence-corrected chi connectivity index (χ1v) is 13.1. The molecule has 2 aliphatic carbocycles. The second-order valence-corrected chi connectivity index (χ2v) is 10.6. The van der Waals surface area contributed by atoms with Crippen molar-refractivity contribution in [3.05, 3.63) is 11.3 Å². The van der Waals surface area contributed by atoms with Gasteiger partial charge in [0.15, 0.2) is 5.78 Å². The molecular weight excluding hydrogens is 422 g/mol. The largest absolute Gasteiger partial charge is 0.875 e. The molecule has 0 aromatic rings. The van der Waals surface area contributed by atoms with E-state index in [1.807, 2.05) is 25.6 Å². The third-order valence-electron chi connectivity index (χ3n) is 6.39. The van der Waals surface area contributed by atoms with Gasteiger partial charge in [0.2, 0.25) is 6.29 Å². The Morgan fingerprint density at radius 1 is 1.23 bits per heavy atom. The van der Waals surface area contributed by atoms with Crippen LogP contribution in [0, 0.1) is 11.8 Å². The van der Waals surface area contributed by atoms with Gasteiger partial charge in [-0.2, -0.15) is 11.8 Å². The second-order valence-electron chi connectivity index (χ2n) is 8.84. The summed E-state index contributed by atoms with van der Waals surface area (Å²) >= 11 is 8.10. The fraction of sp³-hybridized carbons (Fsp3) is 0.826. The Hall–Kier alpha value is -0.720. The number of alkyl halides is 1. The zero-order chi connectivity index (χ0) is 21.5. The molecule has 1 saturated heterocycles. The second kappa shape index (κ2) is 11.8. The Balaban J connectivity index is 1.62. The number of hydrogen-bond donors (Lipinski definition) is 0. The van der Waals surface area contributed by atoms with E-state index in [1.165, 1.54) is 12.2 Å². The van der Waals surface area contributed by atoms with Crippen molar-refractivity contribution in [1.82, 2.24) is 0 Å². The Bertz CT molecular complexity index is 639. The van der Waals surface area contributed by atoms with Crippen LogP contribution < -0.4 is 5.11 Å². The molecule has 0 spiro atoms. The molecule has 0 N–H and O–H groups in total. The zero-order valence-electron chi connectivity index (χ0n) is 18.2. The standard InChI is InChI=1S/C23H36ClNO4S/c1-3-5-20(25-29-15(2)28-19-9-7-18(24)8-10-19)23-21(26)12-17(13-22(23)27)16-6-4-11-30-14-16/h15-19,26H,3-14H2,1-2H3/p-1/b25-20+. The molecule has 30 heavy (non-hydrogen) atoms. The van der Waals surface area contributed by atoms with Gasteiger partial charge >= 0.3 is 0 Å². The number of allylic oxidation sites excluding steroid dienone is 2. The van der Waals surface area contributed by atoms with Gasteiger partial charge in [-0.3, -0.25) is 4.79 Å². The summed E-state index contributed by atoms with van der Waals surface area (Å²) in [5.41, 5.74) is 0.760. The Morgan fingerprint density at radius 3 is 2.63 bits per heavy atom. The lowest BCUT2D eigenvalue weighted by Crippen LogP contribution is -2.34. The third kappa shape index (κ3) is 6.64. The molecule has 0 aromatic carbocycles. The number of nitrogens with zero attached hydrogens (tertiary/aromatic N) is 1. The van der Waals surface area contributed by atoms with Crippen molar-refractivity contribution in [3.8, 4) is 0 Å². The number of ether oxygens (including phenoxy) is 1. The van der Waals surface area contributed by atoms with E-state index >= 15 is 0 Å². The van der Waals surface area contributed by atoms with Gasteiger partial charge in [-0.05, 0) is 74.7 Å². The van der Waals surface area contributed by atoms with Crippen LogP contribution in [0.25, 0.3) is 0 Å². The first-order chi connectivity index (χ1) is 14.5. The van der Waals surface area contributed by atoms with Gasteiger partial charge < -0.3 is 14.7 Å². The smallest absolute Gasteiger partial charge is 0.224 e. The summed E-state index contributed by atoms with van der Waals surface area (Å²) < 4.78 is 5.94. The van der Waals surface area contributed by atoms with Gasteiger partial charge in [-0.1, -0.05) is 18.5 Å². The number of hydrogen-bond acceptors (Lipinski definition) is 6. The molecule has 0 amide bonds. The number of carbonyl (C=O) groups is 1. The average Bonchev–Trinajstić information content (AvgIpc) is 2.73. The first-order valence-electron chi connectivity index (χ1n) is 11.5. The Labute approximate surface area is 190 Å². The first kappa shape index (κ1) is 23.9. The van der Waals surface area contributed by atoms with E-state index in [1.54, 1.807) is 0 Å². The number of oxime groups is 1. The molecule has 0 radical (unpaired) electrons. The minimum absolute atomic E-state index is 0.0587. The molecule has 0 aromatic heterocycles. The fourth-order valence-electron chi connectivity index (χ4n) is 4.75. The van der Waals surface area contributed by atoms with Gasteiger partial charge in [0.1, 0.15) is 0 Å². The van der Waals surface area contributed by atoms with Crippen LogP contribution in [-0.2, 0) is 14.4 Å². The highest BCUT2D eigenvalue weighted by Gasteiger charge is 2.32. The molecule has 1 saturated carbocycles. The van der Waals surface area contributed by atoms with Gasteiger partial charge in [0, 0.05) is 24.3 Å². The van der Waals surface area contributed by atoms with Crippen molar-refractivity contribution in [2.45, 2.75) is 95.8 Å². The van der Waals surface area contributed by atoms with Crippen LogP contribution in [-0.4, -0.2) is 40.8 Å². The summed E-state index contributed by atoms with van der Waals surface area (Å²) in [7, 11) is 0. The van der Waals surface area contributed by atoms with Gasteiger partial charge in [-0.15, -0.1) is 17.4 Å². The molecule has 3 aliphatic rings. The molecule has 0 bridgehead atoms. The minimum atomic E-state index is -0.518. The van der Waals surface area contributed by atoms with E-state index < -0.39 is 6.29 Å². The van der Waals surface area contributed by atoms with Crippen LogP contribution in [0.3, 0.4) is 0 Å². The normalized spacial score (nSPS) is 32.2. The zero-order valence-corrected chi connectivity index (χ0v) is 19.8. The van der Waals surface area contributed by atoms with E-state index in [4.69, 9.17) is 21.2 Å². The van der Waals surface area contributed by atoms with Crippen molar-refractivity contribution in [1.29, 1.82) is 0 Å². The highest BCUT2D eigenvalue weighted by Crippen LogP contribution is 2.37. The summed E-state index contributed by atoms with van der Waals surface area (Å²) in [5.74, 6) is 2.82. The van der Waals surface area contributed by atoms with E-state index in [9.17, 15) is 9.90 Å². The van der Waals surface area contributed by atoms with Gasteiger partial charge in [0.05, 0.1) is 11.8 Å². The van der Waals surface area contributed by atoms with E-state index in [-0.39, 0.29) is 34.5 Å². The lowest BCUT2D eigenvalue weighted by atomic mass is 9.76. The molecule has 1 heterocycles. The number of rotatable bonds is 8. The average molecular weight is 457 g/mol. The summed E-state index contributed by atoms with van der Waals surface area (Å²) in [6, 6.07) is 0. The molecule has 5 nitrogen and oxygen atoms in total. The van der Waals surface area contributed by atoms with Gasteiger partial charge in [0.25, 0.3) is 0 Å². The highest BCUT2D eigenvalue weighted by molar-refractivity contribution is 7.99. The molecule has 170 valence electrons. The Kier molecular flexibility index (Phi) is 9.39. The molecular formula is C23H35ClNO4S-. The van der Waals surface area contributed by atoms with E-state index in [2.05, 4.69) is 5.16 Å². The maximum atomic E-state index is 12.9. The molecule has 2 fully saturated rings. The monoisotopic (exact) mass is 456 g/mol. The summed E-state index contributed by atoms with van der Waals surface area (Å²) in [6.45, 7) is 3.83. The number of carbonyl (C=O) groups excluding carboxylic acids is 1. The van der Waals surface area contributed by atoms with Crippen molar-refractivity contribution in [3.63, 3.8) is 0 Å². The summed E-state index contributed by atoms with van der Waals surface area (Å²) in [4.78, 5) is 18.5. The van der Waals surface area contributed by atoms with Crippen molar-refractivity contribution in [2.24, 2.45) is 17.0 Å². The van der Waals surface area contributed by atoms with Crippen molar-refractivity contribution in [2.75, 3.05) is 11.5 Å². The lowest BCUT2D eigenvalue weighted by molar-refractivity contribution is -0.310. The molecule has 3 rings (SSSR count). The molecule has 7 heteroatoms. The van der Waals surface area contributed by atoms with Crippen LogP contribution in [0.4, 0.5) is 0 Å². The van der Waals surface area contributed by atoms with Crippen LogP contribution in [0.2, 0.25) is 0 Å². The lowest BCUT2D eigenvalue weighted by Gasteiger charge is -2.36. The van der Waals surface area contributed by atoms with Gasteiger partial charge in [-0.25, -0.2) is 0 Å². The van der Waals surface area contributed by atoms with Crippen LogP contribution >= 0.6 is 23.4 Å². The van der Waals surface area contributed by atoms with E-state index in [0.717, 1.165) is 44.3 Å². The fourth-order valence-corrected chi connectivity index (χ4v) is 6.28. The summed E-state index contributed by atoms with van der Waals surface area (Å²) in [6.07, 6.45) is 7.94. The maximum absolute atomic E-state index is 12.9. The molecule has 3 unspecified atom stereocenters. The topological polar surface area (TPSA) is 70.9 Å². The minimum Gasteiger partial charge on any atom is -0.875 e. The number of thioether (sulfide) groups is 1. The molecule has 1 aliphatic heterocycles.